The lowest BCUT2D eigenvalue weighted by molar-refractivity contribution is 0.0444. The highest BCUT2D eigenvalue weighted by molar-refractivity contribution is 7.89. The van der Waals surface area contributed by atoms with Gasteiger partial charge in [0.15, 0.2) is 10.8 Å². The van der Waals surface area contributed by atoms with Crippen molar-refractivity contribution in [2.24, 2.45) is 0 Å². The number of benzene rings is 1. The van der Waals surface area contributed by atoms with Crippen LogP contribution in [0.5, 0.6) is 5.75 Å². The van der Waals surface area contributed by atoms with Crippen molar-refractivity contribution < 1.29 is 22.7 Å². The van der Waals surface area contributed by atoms with Gasteiger partial charge in [-0.25, -0.2) is 22.5 Å². The first-order chi connectivity index (χ1) is 13.1. The molecule has 0 fully saturated rings. The number of ether oxygens (including phenoxy) is 2. The molecule has 2 N–H and O–H groups in total. The Kier molecular flexibility index (Phi) is 7.35. The van der Waals surface area contributed by atoms with Crippen molar-refractivity contribution in [1.82, 2.24) is 9.29 Å². The van der Waals surface area contributed by atoms with Crippen molar-refractivity contribution in [3.8, 4) is 5.75 Å². The van der Waals surface area contributed by atoms with Gasteiger partial charge < -0.3 is 15.2 Å². The topological polar surface area (TPSA) is 112 Å². The van der Waals surface area contributed by atoms with Crippen molar-refractivity contribution in [2.45, 2.75) is 4.90 Å². The fourth-order valence-corrected chi connectivity index (χ4v) is 3.43. The van der Waals surface area contributed by atoms with Crippen LogP contribution in [-0.4, -0.2) is 51.0 Å². The first-order valence-electron chi connectivity index (χ1n) is 7.68. The van der Waals surface area contributed by atoms with E-state index in [1.54, 1.807) is 0 Å². The predicted molar refractivity (Wildman–Crippen MR) is 107 cm³/mol. The Bertz CT molecular complexity index is 982. The molecule has 0 aliphatic heterocycles. The molecule has 0 amide bonds. The number of aromatic nitrogens is 1. The Morgan fingerprint density at radius 3 is 2.29 bits per heavy atom. The maximum Gasteiger partial charge on any atom is 0.358 e. The summed E-state index contributed by atoms with van der Waals surface area (Å²) in [6.07, 6.45) is 0. The zero-order valence-corrected chi connectivity index (χ0v) is 17.9. The highest BCUT2D eigenvalue weighted by atomic mass is 35.5. The number of nitrogens with zero attached hydrogens (tertiary/aromatic N) is 2. The Morgan fingerprint density at radius 2 is 1.71 bits per heavy atom. The van der Waals surface area contributed by atoms with Crippen LogP contribution in [0.25, 0.3) is 0 Å². The smallest absolute Gasteiger partial charge is 0.358 e. The first kappa shape index (κ1) is 22.5. The summed E-state index contributed by atoms with van der Waals surface area (Å²) in [5, 5.41) is -0.371. The summed E-state index contributed by atoms with van der Waals surface area (Å²) < 4.78 is 35.5. The highest BCUT2D eigenvalue weighted by Crippen LogP contribution is 2.34. The number of nitrogens with two attached hydrogens (primary N) is 1. The Morgan fingerprint density at radius 1 is 1.11 bits per heavy atom. The number of hydrogen-bond acceptors (Lipinski definition) is 7. The lowest BCUT2D eigenvalue weighted by atomic mass is 10.3. The molecule has 0 atom stereocenters. The number of pyridine rings is 1. The summed E-state index contributed by atoms with van der Waals surface area (Å²) in [6, 6.07) is 5.82. The number of anilines is 1. The number of carbonyl (C=O) groups excluding carboxylic acids is 1. The maximum atomic E-state index is 12.1. The molecule has 28 heavy (non-hydrogen) atoms. The van der Waals surface area contributed by atoms with Gasteiger partial charge >= 0.3 is 5.97 Å². The van der Waals surface area contributed by atoms with Crippen LogP contribution in [-0.2, 0) is 14.8 Å². The van der Waals surface area contributed by atoms with Gasteiger partial charge in [-0.3, -0.25) is 0 Å². The summed E-state index contributed by atoms with van der Waals surface area (Å²) in [5.74, 6) is -0.435. The molecule has 1 aromatic heterocycles. The van der Waals surface area contributed by atoms with Gasteiger partial charge in [-0.05, 0) is 24.3 Å². The second kappa shape index (κ2) is 9.15. The molecule has 0 radical (unpaired) electrons. The zero-order chi connectivity index (χ0) is 21.1. The summed E-state index contributed by atoms with van der Waals surface area (Å²) in [5.41, 5.74) is 5.32. The molecule has 0 aliphatic rings. The maximum absolute atomic E-state index is 12.1. The van der Waals surface area contributed by atoms with Crippen molar-refractivity contribution in [3.05, 3.63) is 45.2 Å². The van der Waals surface area contributed by atoms with E-state index in [-0.39, 0.29) is 44.7 Å². The van der Waals surface area contributed by atoms with Gasteiger partial charge in [0.2, 0.25) is 10.0 Å². The van der Waals surface area contributed by atoms with Crippen LogP contribution in [0.4, 0.5) is 5.69 Å². The SMILES string of the molecule is CN(C)S(=O)(=O)c1ccc(OCCOC(=O)c2nc(Cl)c(Cl)c(N)c2Cl)cc1. The van der Waals surface area contributed by atoms with E-state index in [0.29, 0.717) is 5.75 Å². The molecular weight excluding hydrogens is 453 g/mol. The summed E-state index contributed by atoms with van der Waals surface area (Å²) in [4.78, 5) is 16.0. The van der Waals surface area contributed by atoms with Gasteiger partial charge in [0.05, 0.1) is 15.6 Å². The van der Waals surface area contributed by atoms with Crippen LogP contribution in [0, 0.1) is 0 Å². The van der Waals surface area contributed by atoms with Crippen molar-refractivity contribution in [1.29, 1.82) is 0 Å². The van der Waals surface area contributed by atoms with Crippen LogP contribution in [0.1, 0.15) is 10.5 Å². The van der Waals surface area contributed by atoms with Crippen LogP contribution >= 0.6 is 34.8 Å². The van der Waals surface area contributed by atoms with E-state index in [0.717, 1.165) is 4.31 Å². The molecule has 12 heteroatoms. The average Bonchev–Trinajstić information content (AvgIpc) is 2.66. The van der Waals surface area contributed by atoms with Gasteiger partial charge in [-0.2, -0.15) is 0 Å². The van der Waals surface area contributed by atoms with E-state index < -0.39 is 16.0 Å². The zero-order valence-electron chi connectivity index (χ0n) is 14.8. The summed E-state index contributed by atoms with van der Waals surface area (Å²) >= 11 is 17.5. The minimum atomic E-state index is -3.52. The normalized spacial score (nSPS) is 11.5. The van der Waals surface area contributed by atoms with E-state index in [1.807, 2.05) is 0 Å². The van der Waals surface area contributed by atoms with E-state index in [4.69, 9.17) is 50.0 Å². The molecule has 0 saturated heterocycles. The minimum absolute atomic E-state index is 0.0138. The van der Waals surface area contributed by atoms with Crippen molar-refractivity contribution in [2.75, 3.05) is 33.0 Å². The van der Waals surface area contributed by atoms with Gasteiger partial charge in [0.1, 0.15) is 24.0 Å². The quantitative estimate of drug-likeness (QED) is 0.377. The molecule has 8 nitrogen and oxygen atoms in total. The minimum Gasteiger partial charge on any atom is -0.490 e. The van der Waals surface area contributed by atoms with E-state index in [9.17, 15) is 13.2 Å². The third-order valence-electron chi connectivity index (χ3n) is 3.45. The number of hydrogen-bond donors (Lipinski definition) is 1. The lowest BCUT2D eigenvalue weighted by Gasteiger charge is -2.12. The third-order valence-corrected chi connectivity index (χ3v) is 6.42. The van der Waals surface area contributed by atoms with Crippen LogP contribution in [0.3, 0.4) is 0 Å². The summed E-state index contributed by atoms with van der Waals surface area (Å²) in [7, 11) is -0.634. The lowest BCUT2D eigenvalue weighted by Crippen LogP contribution is -2.22. The van der Waals surface area contributed by atoms with Gasteiger partial charge in [0, 0.05) is 14.1 Å². The van der Waals surface area contributed by atoms with Crippen LogP contribution in [0.2, 0.25) is 15.2 Å². The Labute approximate surface area is 177 Å². The molecule has 0 unspecified atom stereocenters. The number of nitrogen functional groups attached to an aromatic ring is 1. The molecule has 152 valence electrons. The fraction of sp³-hybridized carbons (Fsp3) is 0.250. The van der Waals surface area contributed by atoms with Crippen LogP contribution < -0.4 is 10.5 Å². The second-order valence-electron chi connectivity index (χ2n) is 5.54. The molecule has 0 spiro atoms. The standard InChI is InChI=1S/C16H16Cl3N3O5S/c1-22(2)28(24,25)10-5-3-9(4-6-10)26-7-8-27-16(23)14-11(17)13(20)12(18)15(19)21-14/h3-6H,7-8H2,1-2H3,(H2,20,21). The van der Waals surface area contributed by atoms with E-state index >= 15 is 0 Å². The average molecular weight is 469 g/mol. The molecule has 2 aromatic rings. The van der Waals surface area contributed by atoms with Gasteiger partial charge in [0.25, 0.3) is 0 Å². The number of sulfonamides is 1. The Balaban J connectivity index is 1.92. The number of carbonyl (C=O) groups is 1. The molecular formula is C16H16Cl3N3O5S. The predicted octanol–water partition coefficient (Wildman–Crippen LogP) is 3.11. The van der Waals surface area contributed by atoms with E-state index in [1.165, 1.54) is 38.4 Å². The van der Waals surface area contributed by atoms with Gasteiger partial charge in [-0.1, -0.05) is 34.8 Å². The number of esters is 1. The largest absolute Gasteiger partial charge is 0.490 e. The number of halogens is 3. The molecule has 1 aromatic carbocycles. The molecule has 2 rings (SSSR count). The third kappa shape index (κ3) is 4.98. The van der Waals surface area contributed by atoms with Crippen molar-refractivity contribution in [3.63, 3.8) is 0 Å². The van der Waals surface area contributed by atoms with Crippen LogP contribution in [0.15, 0.2) is 29.2 Å². The van der Waals surface area contributed by atoms with E-state index in [2.05, 4.69) is 4.98 Å². The monoisotopic (exact) mass is 467 g/mol. The molecule has 0 saturated carbocycles. The second-order valence-corrected chi connectivity index (χ2v) is 8.80. The van der Waals surface area contributed by atoms with Gasteiger partial charge in [-0.15, -0.1) is 0 Å². The Hall–Kier alpha value is -1.78. The number of rotatable bonds is 7. The summed E-state index contributed by atoms with van der Waals surface area (Å²) in [6.45, 7) is -0.102. The first-order valence-corrected chi connectivity index (χ1v) is 10.3. The fourth-order valence-electron chi connectivity index (χ4n) is 1.95. The van der Waals surface area contributed by atoms with Crippen molar-refractivity contribution >= 4 is 56.5 Å². The molecule has 0 bridgehead atoms. The molecule has 1 heterocycles. The highest BCUT2D eigenvalue weighted by Gasteiger charge is 2.21. The molecule has 0 aliphatic carbocycles.